The number of para-hydroxylation sites is 1. The maximum absolute atomic E-state index is 5.82. The second-order valence-corrected chi connectivity index (χ2v) is 5.12. The molecule has 0 aliphatic carbocycles. The van der Waals surface area contributed by atoms with Crippen molar-refractivity contribution in [3.05, 3.63) is 42.5 Å². The lowest BCUT2D eigenvalue weighted by Gasteiger charge is -2.10. The fourth-order valence-electron chi connectivity index (χ4n) is 2.16. The normalized spacial score (nSPS) is 17.2. The van der Waals surface area contributed by atoms with Crippen LogP contribution in [0.25, 0.3) is 0 Å². The van der Waals surface area contributed by atoms with Crippen molar-refractivity contribution in [3.63, 3.8) is 0 Å². The Balaban J connectivity index is 1.70. The van der Waals surface area contributed by atoms with Crippen molar-refractivity contribution in [2.24, 2.45) is 0 Å². The van der Waals surface area contributed by atoms with E-state index in [1.165, 1.54) is 31.2 Å². The van der Waals surface area contributed by atoms with Crippen LogP contribution >= 0.6 is 0 Å². The highest BCUT2D eigenvalue weighted by molar-refractivity contribution is 5.33. The summed E-state index contributed by atoms with van der Waals surface area (Å²) in [4.78, 5) is 0. The Labute approximate surface area is 116 Å². The van der Waals surface area contributed by atoms with Crippen LogP contribution in [-0.4, -0.2) is 19.3 Å². The Morgan fingerprint density at radius 2 is 2.00 bits per heavy atom. The van der Waals surface area contributed by atoms with E-state index in [4.69, 9.17) is 9.47 Å². The topological polar surface area (TPSA) is 21.8 Å². The molecule has 1 saturated heterocycles. The first-order chi connectivity index (χ1) is 9.40. The van der Waals surface area contributed by atoms with Crippen molar-refractivity contribution in [3.8, 4) is 5.75 Å². The quantitative estimate of drug-likeness (QED) is 0.358. The molecular formula is C17H24O2. The van der Waals surface area contributed by atoms with Crippen LogP contribution in [0.15, 0.2) is 36.9 Å². The minimum absolute atomic E-state index is 0.326. The van der Waals surface area contributed by atoms with E-state index in [2.05, 4.69) is 24.8 Å². The van der Waals surface area contributed by atoms with Gasteiger partial charge in [0.25, 0.3) is 0 Å². The predicted octanol–water partition coefficient (Wildman–Crippen LogP) is 4.14. The van der Waals surface area contributed by atoms with Crippen molar-refractivity contribution >= 4 is 0 Å². The van der Waals surface area contributed by atoms with Crippen molar-refractivity contribution < 1.29 is 9.47 Å². The van der Waals surface area contributed by atoms with Crippen LogP contribution in [0, 0.1) is 0 Å². The smallest absolute Gasteiger partial charge is 0.122 e. The van der Waals surface area contributed by atoms with Gasteiger partial charge in [-0.3, -0.25) is 0 Å². The Bertz CT molecular complexity index is 383. The molecule has 1 unspecified atom stereocenters. The summed E-state index contributed by atoms with van der Waals surface area (Å²) in [5, 5.41) is 0. The van der Waals surface area contributed by atoms with Crippen LogP contribution in [-0.2, 0) is 11.2 Å². The molecule has 0 radical (unpaired) electrons. The molecule has 1 aliphatic rings. The van der Waals surface area contributed by atoms with Gasteiger partial charge in [-0.05, 0) is 37.3 Å². The van der Waals surface area contributed by atoms with Gasteiger partial charge in [-0.2, -0.15) is 0 Å². The van der Waals surface area contributed by atoms with E-state index in [1.54, 1.807) is 0 Å². The van der Waals surface area contributed by atoms with Gasteiger partial charge in [0.1, 0.15) is 18.5 Å². The lowest BCUT2D eigenvalue weighted by molar-refractivity contribution is 0.261. The summed E-state index contributed by atoms with van der Waals surface area (Å²) < 4.78 is 11.0. The Morgan fingerprint density at radius 3 is 2.79 bits per heavy atom. The summed E-state index contributed by atoms with van der Waals surface area (Å²) >= 11 is 0. The molecule has 0 saturated carbocycles. The Morgan fingerprint density at radius 1 is 1.21 bits per heavy atom. The molecule has 0 N–H and O–H groups in total. The molecule has 1 aromatic carbocycles. The number of hydrogen-bond acceptors (Lipinski definition) is 2. The summed E-state index contributed by atoms with van der Waals surface area (Å²) in [5.41, 5.74) is 1.33. The number of rotatable bonds is 10. The van der Waals surface area contributed by atoms with Crippen molar-refractivity contribution in [1.82, 2.24) is 0 Å². The highest BCUT2D eigenvalue weighted by Crippen LogP contribution is 2.22. The van der Waals surface area contributed by atoms with Crippen LogP contribution in [0.5, 0.6) is 5.75 Å². The van der Waals surface area contributed by atoms with Crippen LogP contribution in [0.2, 0.25) is 0 Å². The maximum atomic E-state index is 5.82. The van der Waals surface area contributed by atoms with Crippen molar-refractivity contribution in [1.29, 1.82) is 0 Å². The largest absolute Gasteiger partial charge is 0.491 e. The SMILES string of the molecule is C=CCCCCCCc1ccccc1OCC1CO1. The molecule has 1 fully saturated rings. The number of hydrogen-bond donors (Lipinski definition) is 0. The lowest BCUT2D eigenvalue weighted by Crippen LogP contribution is -2.05. The molecule has 19 heavy (non-hydrogen) atoms. The number of epoxide rings is 1. The molecule has 2 heteroatoms. The van der Waals surface area contributed by atoms with Gasteiger partial charge in [0.15, 0.2) is 0 Å². The molecule has 0 amide bonds. The summed E-state index contributed by atoms with van der Waals surface area (Å²) in [5.74, 6) is 1.03. The number of aryl methyl sites for hydroxylation is 1. The van der Waals surface area contributed by atoms with Gasteiger partial charge in [-0.1, -0.05) is 37.1 Å². The Kier molecular flexibility index (Phi) is 5.96. The molecule has 1 aliphatic heterocycles. The molecule has 2 nitrogen and oxygen atoms in total. The number of ether oxygens (including phenoxy) is 2. The standard InChI is InChI=1S/C17H24O2/c1-2-3-4-5-6-7-10-15-11-8-9-12-17(15)19-14-16-13-18-16/h2,8-9,11-12,16H,1,3-7,10,13-14H2. The van der Waals surface area contributed by atoms with E-state index in [0.717, 1.165) is 25.2 Å². The molecule has 1 atom stereocenters. The van der Waals surface area contributed by atoms with Gasteiger partial charge >= 0.3 is 0 Å². The predicted molar refractivity (Wildman–Crippen MR) is 78.7 cm³/mol. The zero-order chi connectivity index (χ0) is 13.3. The first-order valence-corrected chi connectivity index (χ1v) is 7.33. The van der Waals surface area contributed by atoms with E-state index < -0.39 is 0 Å². The fourth-order valence-corrected chi connectivity index (χ4v) is 2.16. The molecule has 104 valence electrons. The molecule has 2 rings (SSSR count). The average molecular weight is 260 g/mol. The monoisotopic (exact) mass is 260 g/mol. The van der Waals surface area contributed by atoms with Crippen LogP contribution < -0.4 is 4.74 Å². The summed E-state index contributed by atoms with van der Waals surface area (Å²) in [7, 11) is 0. The van der Waals surface area contributed by atoms with Crippen LogP contribution in [0.3, 0.4) is 0 Å². The number of unbranched alkanes of at least 4 members (excludes halogenated alkanes) is 4. The molecule has 0 bridgehead atoms. The molecule has 0 aromatic heterocycles. The van der Waals surface area contributed by atoms with Crippen LogP contribution in [0.4, 0.5) is 0 Å². The minimum atomic E-state index is 0.326. The molecular weight excluding hydrogens is 236 g/mol. The summed E-state index contributed by atoms with van der Waals surface area (Å²) in [6, 6.07) is 8.37. The third-order valence-corrected chi connectivity index (χ3v) is 3.40. The highest BCUT2D eigenvalue weighted by Gasteiger charge is 2.23. The summed E-state index contributed by atoms with van der Waals surface area (Å²) in [6.07, 6.45) is 9.66. The van der Waals surface area contributed by atoms with E-state index in [1.807, 2.05) is 12.1 Å². The van der Waals surface area contributed by atoms with Gasteiger partial charge in [-0.15, -0.1) is 6.58 Å². The zero-order valence-electron chi connectivity index (χ0n) is 11.6. The van der Waals surface area contributed by atoms with E-state index in [0.29, 0.717) is 12.7 Å². The zero-order valence-corrected chi connectivity index (χ0v) is 11.6. The fraction of sp³-hybridized carbons (Fsp3) is 0.529. The van der Waals surface area contributed by atoms with E-state index in [-0.39, 0.29) is 0 Å². The van der Waals surface area contributed by atoms with E-state index >= 15 is 0 Å². The van der Waals surface area contributed by atoms with Gasteiger partial charge in [0.05, 0.1) is 6.61 Å². The van der Waals surface area contributed by atoms with Gasteiger partial charge in [-0.25, -0.2) is 0 Å². The number of allylic oxidation sites excluding steroid dienone is 1. The molecule has 1 aromatic rings. The second-order valence-electron chi connectivity index (χ2n) is 5.12. The molecule has 0 spiro atoms. The van der Waals surface area contributed by atoms with Crippen molar-refractivity contribution in [2.45, 2.75) is 44.6 Å². The van der Waals surface area contributed by atoms with Crippen LogP contribution in [0.1, 0.15) is 37.7 Å². The first-order valence-electron chi connectivity index (χ1n) is 7.33. The molecule has 1 heterocycles. The van der Waals surface area contributed by atoms with E-state index in [9.17, 15) is 0 Å². The lowest BCUT2D eigenvalue weighted by atomic mass is 10.0. The first kappa shape index (κ1) is 14.1. The minimum Gasteiger partial charge on any atom is -0.491 e. The van der Waals surface area contributed by atoms with Gasteiger partial charge < -0.3 is 9.47 Å². The number of benzene rings is 1. The third kappa shape index (κ3) is 5.48. The third-order valence-electron chi connectivity index (χ3n) is 3.40. The Hall–Kier alpha value is -1.28. The summed E-state index contributed by atoms with van der Waals surface area (Å²) in [6.45, 7) is 5.29. The maximum Gasteiger partial charge on any atom is 0.122 e. The van der Waals surface area contributed by atoms with Crippen molar-refractivity contribution in [2.75, 3.05) is 13.2 Å². The average Bonchev–Trinajstić information content (AvgIpc) is 3.25. The van der Waals surface area contributed by atoms with Gasteiger partial charge in [0.2, 0.25) is 0 Å². The second kappa shape index (κ2) is 8.00. The highest BCUT2D eigenvalue weighted by atomic mass is 16.6. The van der Waals surface area contributed by atoms with Gasteiger partial charge in [0, 0.05) is 0 Å².